The number of aryl methyl sites for hydroxylation is 4. The second-order valence-corrected chi connectivity index (χ2v) is 10.6. The number of H-pyrrole nitrogens is 1. The molecule has 3 heterocycles. The summed E-state index contributed by atoms with van der Waals surface area (Å²) in [6, 6.07) is 24.3. The van der Waals surface area contributed by atoms with E-state index in [1.165, 1.54) is 5.56 Å². The van der Waals surface area contributed by atoms with E-state index in [0.29, 0.717) is 17.9 Å². The molecule has 9 heteroatoms. The number of hydrogen-bond acceptors (Lipinski definition) is 7. The van der Waals surface area contributed by atoms with Crippen molar-refractivity contribution in [3.05, 3.63) is 111 Å². The molecular formula is C32H35N7O2. The fraction of sp³-hybridized carbons (Fsp3) is 0.312. The summed E-state index contributed by atoms with van der Waals surface area (Å²) in [5.41, 5.74) is 6.05. The SMILES string of the molecule is COc1ccc(N2CCN([C@H](c3cc4ccc(C)c(C)c4[nH]c3=O)c3nnnn3CCc3ccccc3)CC2)cc1. The number of piperazine rings is 1. The van der Waals surface area contributed by atoms with Crippen LogP contribution in [0.4, 0.5) is 5.69 Å². The molecule has 1 N–H and O–H groups in total. The van der Waals surface area contributed by atoms with Gasteiger partial charge in [0.2, 0.25) is 0 Å². The van der Waals surface area contributed by atoms with Gasteiger partial charge >= 0.3 is 0 Å². The average Bonchev–Trinajstić information content (AvgIpc) is 3.48. The number of benzene rings is 3. The molecule has 41 heavy (non-hydrogen) atoms. The highest BCUT2D eigenvalue weighted by Gasteiger charge is 2.33. The normalized spacial score (nSPS) is 14.9. The van der Waals surface area contributed by atoms with Crippen LogP contribution in [0.25, 0.3) is 10.9 Å². The summed E-state index contributed by atoms with van der Waals surface area (Å²) in [4.78, 5) is 21.6. The Morgan fingerprint density at radius 2 is 1.71 bits per heavy atom. The van der Waals surface area contributed by atoms with Crippen LogP contribution >= 0.6 is 0 Å². The number of ether oxygens (including phenoxy) is 1. The van der Waals surface area contributed by atoms with Crippen LogP contribution in [-0.4, -0.2) is 63.4 Å². The third-order valence-corrected chi connectivity index (χ3v) is 8.25. The molecule has 1 aliphatic rings. The van der Waals surface area contributed by atoms with Gasteiger partial charge in [-0.05, 0) is 83.1 Å². The maximum Gasteiger partial charge on any atom is 0.253 e. The van der Waals surface area contributed by atoms with Gasteiger partial charge in [0.1, 0.15) is 11.8 Å². The first-order valence-electron chi connectivity index (χ1n) is 14.1. The van der Waals surface area contributed by atoms with E-state index in [0.717, 1.165) is 66.1 Å². The minimum absolute atomic E-state index is 0.105. The van der Waals surface area contributed by atoms with Crippen LogP contribution in [0.3, 0.4) is 0 Å². The molecule has 0 saturated carbocycles. The first-order valence-corrected chi connectivity index (χ1v) is 14.1. The van der Waals surface area contributed by atoms with Crippen molar-refractivity contribution in [2.45, 2.75) is 32.9 Å². The quantitative estimate of drug-likeness (QED) is 0.309. The Hall–Kier alpha value is -4.50. The number of hydrogen-bond donors (Lipinski definition) is 1. The third-order valence-electron chi connectivity index (χ3n) is 8.25. The fourth-order valence-electron chi connectivity index (χ4n) is 5.72. The molecule has 3 aromatic carbocycles. The molecule has 2 aromatic heterocycles. The molecule has 1 atom stereocenters. The van der Waals surface area contributed by atoms with Crippen LogP contribution in [0.15, 0.2) is 77.6 Å². The standard InChI is InChI=1S/C32H35N7O2/c1-22-9-10-25-21-28(32(40)33-29(25)23(22)2)30(31-34-35-36-39(31)16-15-24-7-5-4-6-8-24)38-19-17-37(18-20-38)26-11-13-27(41-3)14-12-26/h4-14,21,30H,15-20H2,1-3H3,(H,33,40)/t30-/m1/s1. The van der Waals surface area contributed by atoms with Gasteiger partial charge in [0, 0.05) is 44.0 Å². The van der Waals surface area contributed by atoms with Crippen molar-refractivity contribution in [1.82, 2.24) is 30.1 Å². The molecule has 6 rings (SSSR count). The van der Waals surface area contributed by atoms with Crippen LogP contribution in [0.2, 0.25) is 0 Å². The largest absolute Gasteiger partial charge is 0.497 e. The predicted molar refractivity (Wildman–Crippen MR) is 161 cm³/mol. The zero-order chi connectivity index (χ0) is 28.3. The minimum atomic E-state index is -0.381. The number of methoxy groups -OCH3 is 1. The van der Waals surface area contributed by atoms with Crippen molar-refractivity contribution in [2.24, 2.45) is 0 Å². The first-order chi connectivity index (χ1) is 20.0. The van der Waals surface area contributed by atoms with Crippen molar-refractivity contribution in [3.63, 3.8) is 0 Å². The minimum Gasteiger partial charge on any atom is -0.497 e. The van der Waals surface area contributed by atoms with Crippen LogP contribution in [-0.2, 0) is 13.0 Å². The number of nitrogens with one attached hydrogen (secondary N) is 1. The number of rotatable bonds is 8. The Kier molecular flexibility index (Phi) is 7.52. The molecule has 0 aliphatic carbocycles. The Morgan fingerprint density at radius 3 is 2.44 bits per heavy atom. The molecule has 0 amide bonds. The van der Waals surface area contributed by atoms with Crippen LogP contribution in [0.1, 0.15) is 34.1 Å². The van der Waals surface area contributed by atoms with E-state index in [1.54, 1.807) is 7.11 Å². The zero-order valence-corrected chi connectivity index (χ0v) is 23.7. The molecule has 5 aromatic rings. The summed E-state index contributed by atoms with van der Waals surface area (Å²) in [5, 5.41) is 14.0. The summed E-state index contributed by atoms with van der Waals surface area (Å²) in [7, 11) is 1.68. The van der Waals surface area contributed by atoms with Crippen molar-refractivity contribution in [1.29, 1.82) is 0 Å². The summed E-state index contributed by atoms with van der Waals surface area (Å²) in [5.74, 6) is 1.53. The van der Waals surface area contributed by atoms with Crippen LogP contribution < -0.4 is 15.2 Å². The van der Waals surface area contributed by atoms with Gasteiger partial charge in [0.25, 0.3) is 5.56 Å². The molecule has 0 unspecified atom stereocenters. The fourth-order valence-corrected chi connectivity index (χ4v) is 5.72. The monoisotopic (exact) mass is 549 g/mol. The zero-order valence-electron chi connectivity index (χ0n) is 23.7. The maximum absolute atomic E-state index is 13.7. The maximum atomic E-state index is 13.7. The van der Waals surface area contributed by atoms with Gasteiger partial charge in [-0.15, -0.1) is 5.10 Å². The number of tetrazole rings is 1. The molecule has 210 valence electrons. The summed E-state index contributed by atoms with van der Waals surface area (Å²) in [6.45, 7) is 7.88. The van der Waals surface area contributed by atoms with Gasteiger partial charge in [-0.3, -0.25) is 9.69 Å². The Balaban J connectivity index is 1.34. The van der Waals surface area contributed by atoms with Crippen molar-refractivity contribution < 1.29 is 4.74 Å². The van der Waals surface area contributed by atoms with Gasteiger partial charge < -0.3 is 14.6 Å². The second-order valence-electron chi connectivity index (χ2n) is 10.6. The second kappa shape index (κ2) is 11.5. The van der Waals surface area contributed by atoms with Gasteiger partial charge in [-0.1, -0.05) is 42.5 Å². The van der Waals surface area contributed by atoms with Gasteiger partial charge in [-0.2, -0.15) is 0 Å². The predicted octanol–water partition coefficient (Wildman–Crippen LogP) is 4.29. The summed E-state index contributed by atoms with van der Waals surface area (Å²) < 4.78 is 7.19. The lowest BCUT2D eigenvalue weighted by Gasteiger charge is -2.39. The van der Waals surface area contributed by atoms with Gasteiger partial charge in [0.05, 0.1) is 12.6 Å². The highest BCUT2D eigenvalue weighted by atomic mass is 16.5. The van der Waals surface area contributed by atoms with Crippen molar-refractivity contribution in [2.75, 3.05) is 38.2 Å². The van der Waals surface area contributed by atoms with Crippen LogP contribution in [0.5, 0.6) is 5.75 Å². The summed E-state index contributed by atoms with van der Waals surface area (Å²) in [6.07, 6.45) is 0.795. The van der Waals surface area contributed by atoms with E-state index in [1.807, 2.05) is 48.0 Å². The lowest BCUT2D eigenvalue weighted by Crippen LogP contribution is -2.49. The number of aromatic nitrogens is 5. The number of fused-ring (bicyclic) bond motifs is 1. The molecule has 0 spiro atoms. The highest BCUT2D eigenvalue weighted by Crippen LogP contribution is 2.30. The van der Waals surface area contributed by atoms with E-state index >= 15 is 0 Å². The lowest BCUT2D eigenvalue weighted by atomic mass is 9.99. The Morgan fingerprint density at radius 1 is 0.951 bits per heavy atom. The first kappa shape index (κ1) is 26.7. The van der Waals surface area contributed by atoms with Gasteiger partial charge in [0.15, 0.2) is 5.82 Å². The van der Waals surface area contributed by atoms with Crippen LogP contribution in [0, 0.1) is 13.8 Å². The molecular weight excluding hydrogens is 514 g/mol. The Labute approximate surface area is 239 Å². The van der Waals surface area contributed by atoms with E-state index in [4.69, 9.17) is 4.74 Å². The molecule has 1 saturated heterocycles. The number of aromatic amines is 1. The van der Waals surface area contributed by atoms with E-state index in [-0.39, 0.29) is 11.6 Å². The number of pyridine rings is 1. The van der Waals surface area contributed by atoms with E-state index < -0.39 is 0 Å². The highest BCUT2D eigenvalue weighted by molar-refractivity contribution is 5.83. The van der Waals surface area contributed by atoms with Crippen molar-refractivity contribution in [3.8, 4) is 5.75 Å². The van der Waals surface area contributed by atoms with Crippen molar-refractivity contribution >= 4 is 16.6 Å². The number of nitrogens with zero attached hydrogens (tertiary/aromatic N) is 6. The topological polar surface area (TPSA) is 92.2 Å². The smallest absolute Gasteiger partial charge is 0.253 e. The molecule has 0 radical (unpaired) electrons. The Bertz CT molecular complexity index is 1690. The van der Waals surface area contributed by atoms with Gasteiger partial charge in [-0.25, -0.2) is 4.68 Å². The molecule has 1 aliphatic heterocycles. The lowest BCUT2D eigenvalue weighted by molar-refractivity contribution is 0.199. The van der Waals surface area contributed by atoms with E-state index in [9.17, 15) is 4.79 Å². The third kappa shape index (κ3) is 5.45. The average molecular weight is 550 g/mol. The van der Waals surface area contributed by atoms with E-state index in [2.05, 4.69) is 73.6 Å². The number of anilines is 1. The summed E-state index contributed by atoms with van der Waals surface area (Å²) >= 11 is 0. The molecule has 1 fully saturated rings. The molecule has 0 bridgehead atoms. The molecule has 9 nitrogen and oxygen atoms in total.